The van der Waals surface area contributed by atoms with Crippen LogP contribution in [-0.2, 0) is 0 Å². The van der Waals surface area contributed by atoms with Crippen molar-refractivity contribution in [2.24, 2.45) is 0 Å². The van der Waals surface area contributed by atoms with Crippen molar-refractivity contribution in [1.82, 2.24) is 0 Å². The smallest absolute Gasteiger partial charge is 0.0351 e. The van der Waals surface area contributed by atoms with E-state index in [1.165, 1.54) is 25.7 Å². The van der Waals surface area contributed by atoms with E-state index in [9.17, 15) is 0 Å². The highest BCUT2D eigenvalue weighted by Gasteiger charge is 1.80. The summed E-state index contributed by atoms with van der Waals surface area (Å²) >= 11 is 0. The summed E-state index contributed by atoms with van der Waals surface area (Å²) in [5.74, 6) is 0. The Balaban J connectivity index is 2.88. The molecular weight excluding hydrogens is 120 g/mol. The van der Waals surface area contributed by atoms with Crippen molar-refractivity contribution in [2.45, 2.75) is 45.4 Å². The summed E-state index contributed by atoms with van der Waals surface area (Å²) in [4.78, 5) is 0. The fourth-order valence-electron chi connectivity index (χ4n) is 0.866. The van der Waals surface area contributed by atoms with Gasteiger partial charge in [0.1, 0.15) is 0 Å². The molecule has 0 aliphatic rings. The van der Waals surface area contributed by atoms with Crippen LogP contribution in [0.4, 0.5) is 0 Å². The first kappa shape index (κ1) is 9.74. The molecular formula is C10H19. The van der Waals surface area contributed by atoms with Crippen LogP contribution in [0.1, 0.15) is 45.4 Å². The zero-order valence-electron chi connectivity index (χ0n) is 7.10. The highest BCUT2D eigenvalue weighted by atomic mass is 13.9. The quantitative estimate of drug-likeness (QED) is 0.388. The summed E-state index contributed by atoms with van der Waals surface area (Å²) in [6.07, 6.45) is 12.0. The van der Waals surface area contributed by atoms with Crippen molar-refractivity contribution in [3.8, 4) is 0 Å². The maximum Gasteiger partial charge on any atom is -0.0351 e. The monoisotopic (exact) mass is 139 g/mol. The minimum atomic E-state index is 1.03. The maximum atomic E-state index is 3.77. The summed E-state index contributed by atoms with van der Waals surface area (Å²) < 4.78 is 0. The zero-order chi connectivity index (χ0) is 7.66. The molecule has 0 aromatic heterocycles. The van der Waals surface area contributed by atoms with Gasteiger partial charge in [-0.05, 0) is 25.7 Å². The third-order valence-corrected chi connectivity index (χ3v) is 1.51. The molecule has 0 heteroatoms. The van der Waals surface area contributed by atoms with Crippen molar-refractivity contribution in [3.05, 3.63) is 19.1 Å². The largest absolute Gasteiger partial charge is 0.0885 e. The van der Waals surface area contributed by atoms with Gasteiger partial charge in [-0.15, -0.1) is 0 Å². The molecule has 0 unspecified atom stereocenters. The average molecular weight is 139 g/mol. The molecule has 0 saturated carbocycles. The lowest BCUT2D eigenvalue weighted by molar-refractivity contribution is 0.728. The van der Waals surface area contributed by atoms with Crippen molar-refractivity contribution in [2.75, 3.05) is 0 Å². The van der Waals surface area contributed by atoms with E-state index in [1.54, 1.807) is 0 Å². The van der Waals surface area contributed by atoms with E-state index in [0.29, 0.717) is 0 Å². The number of hydrogen-bond donors (Lipinski definition) is 0. The van der Waals surface area contributed by atoms with E-state index in [2.05, 4.69) is 26.0 Å². The Morgan fingerprint density at radius 3 is 2.40 bits per heavy atom. The van der Waals surface area contributed by atoms with E-state index in [0.717, 1.165) is 12.8 Å². The van der Waals surface area contributed by atoms with Gasteiger partial charge in [0.2, 0.25) is 0 Å². The Morgan fingerprint density at radius 2 is 1.80 bits per heavy atom. The Hall–Kier alpha value is -0.260. The number of hydrogen-bond acceptors (Lipinski definition) is 0. The van der Waals surface area contributed by atoms with Gasteiger partial charge in [0.15, 0.2) is 0 Å². The number of unbranched alkanes of at least 4 members (excludes halogenated alkanes) is 4. The summed E-state index contributed by atoms with van der Waals surface area (Å²) in [7, 11) is 0. The molecule has 0 atom stereocenters. The van der Waals surface area contributed by atoms with E-state index in [1.807, 2.05) is 0 Å². The minimum Gasteiger partial charge on any atom is -0.0885 e. The lowest BCUT2D eigenvalue weighted by Crippen LogP contribution is -1.70. The molecule has 0 rings (SSSR count). The minimum absolute atomic E-state index is 1.03. The SMILES string of the molecule is [CH2]CCC=CCCCCC. The number of allylic oxidation sites excluding steroid dienone is 2. The first-order chi connectivity index (χ1) is 4.91. The molecule has 0 bridgehead atoms. The molecule has 1 radical (unpaired) electrons. The highest BCUT2D eigenvalue weighted by Crippen LogP contribution is 2.00. The topological polar surface area (TPSA) is 0 Å². The highest BCUT2D eigenvalue weighted by molar-refractivity contribution is 4.81. The van der Waals surface area contributed by atoms with Crippen LogP contribution in [0.3, 0.4) is 0 Å². The summed E-state index contributed by atoms with van der Waals surface area (Å²) in [6, 6.07) is 0. The van der Waals surface area contributed by atoms with Gasteiger partial charge in [-0.1, -0.05) is 38.8 Å². The first-order valence-electron chi connectivity index (χ1n) is 4.36. The molecule has 0 fully saturated rings. The van der Waals surface area contributed by atoms with Crippen LogP contribution in [0.2, 0.25) is 0 Å². The Bertz CT molecular complexity index is 72.1. The Kier molecular flexibility index (Phi) is 8.51. The van der Waals surface area contributed by atoms with Crippen molar-refractivity contribution in [1.29, 1.82) is 0 Å². The Labute approximate surface area is 65.3 Å². The molecule has 0 nitrogen and oxygen atoms in total. The average Bonchev–Trinajstić information content (AvgIpc) is 1.97. The van der Waals surface area contributed by atoms with Crippen molar-refractivity contribution < 1.29 is 0 Å². The van der Waals surface area contributed by atoms with Crippen molar-refractivity contribution in [3.63, 3.8) is 0 Å². The van der Waals surface area contributed by atoms with Crippen LogP contribution in [0.25, 0.3) is 0 Å². The van der Waals surface area contributed by atoms with Crippen LogP contribution >= 0.6 is 0 Å². The number of rotatable bonds is 6. The Morgan fingerprint density at radius 1 is 1.10 bits per heavy atom. The van der Waals surface area contributed by atoms with Gasteiger partial charge >= 0.3 is 0 Å². The fraction of sp³-hybridized carbons (Fsp3) is 0.700. The molecule has 0 aromatic rings. The van der Waals surface area contributed by atoms with Gasteiger partial charge in [0.25, 0.3) is 0 Å². The molecule has 0 N–H and O–H groups in total. The van der Waals surface area contributed by atoms with Crippen LogP contribution in [-0.4, -0.2) is 0 Å². The standard InChI is InChI=1S/C10H19/c1-3-5-7-9-10-8-6-4-2/h7,9H,1,3-6,8,10H2,2H3. The first-order valence-corrected chi connectivity index (χ1v) is 4.36. The van der Waals surface area contributed by atoms with E-state index < -0.39 is 0 Å². The summed E-state index contributed by atoms with van der Waals surface area (Å²) in [6.45, 7) is 6.00. The lowest BCUT2D eigenvalue weighted by atomic mass is 10.2. The molecule has 0 aliphatic carbocycles. The van der Waals surface area contributed by atoms with Gasteiger partial charge in [0, 0.05) is 0 Å². The fourth-order valence-corrected chi connectivity index (χ4v) is 0.866. The van der Waals surface area contributed by atoms with Crippen LogP contribution in [0, 0.1) is 6.92 Å². The summed E-state index contributed by atoms with van der Waals surface area (Å²) in [5, 5.41) is 0. The maximum absolute atomic E-state index is 3.77. The van der Waals surface area contributed by atoms with Gasteiger partial charge in [-0.2, -0.15) is 0 Å². The van der Waals surface area contributed by atoms with Gasteiger partial charge in [0.05, 0.1) is 0 Å². The molecule has 10 heavy (non-hydrogen) atoms. The summed E-state index contributed by atoms with van der Waals surface area (Å²) in [5.41, 5.74) is 0. The molecule has 0 amide bonds. The van der Waals surface area contributed by atoms with E-state index >= 15 is 0 Å². The lowest BCUT2D eigenvalue weighted by Gasteiger charge is -1.90. The predicted octanol–water partition coefficient (Wildman–Crippen LogP) is 3.74. The molecule has 0 heterocycles. The van der Waals surface area contributed by atoms with Crippen molar-refractivity contribution >= 4 is 0 Å². The van der Waals surface area contributed by atoms with Crippen LogP contribution in [0.5, 0.6) is 0 Å². The van der Waals surface area contributed by atoms with Crippen LogP contribution < -0.4 is 0 Å². The second-order valence-corrected chi connectivity index (χ2v) is 2.61. The molecule has 0 aliphatic heterocycles. The molecule has 59 valence electrons. The van der Waals surface area contributed by atoms with E-state index in [-0.39, 0.29) is 0 Å². The van der Waals surface area contributed by atoms with Gasteiger partial charge in [-0.3, -0.25) is 0 Å². The normalized spacial score (nSPS) is 11.0. The van der Waals surface area contributed by atoms with Crippen LogP contribution in [0.15, 0.2) is 12.2 Å². The third kappa shape index (κ3) is 7.74. The zero-order valence-corrected chi connectivity index (χ0v) is 7.10. The molecule has 0 spiro atoms. The second-order valence-electron chi connectivity index (χ2n) is 2.61. The van der Waals surface area contributed by atoms with E-state index in [4.69, 9.17) is 0 Å². The van der Waals surface area contributed by atoms with Gasteiger partial charge in [-0.25, -0.2) is 0 Å². The predicted molar refractivity (Wildman–Crippen MR) is 47.9 cm³/mol. The van der Waals surface area contributed by atoms with Gasteiger partial charge < -0.3 is 0 Å². The molecule has 0 aromatic carbocycles. The molecule has 0 saturated heterocycles. The second kappa shape index (κ2) is 8.74. The third-order valence-electron chi connectivity index (χ3n) is 1.51.